The molecule has 7 aliphatic heterocycles. The van der Waals surface area contributed by atoms with E-state index in [0.717, 1.165) is 180 Å². The molecule has 0 spiro atoms. The summed E-state index contributed by atoms with van der Waals surface area (Å²) < 4.78 is 64.8. The maximum atomic E-state index is 6.18. The van der Waals surface area contributed by atoms with Gasteiger partial charge < -0.3 is 87.4 Å². The summed E-state index contributed by atoms with van der Waals surface area (Å²) >= 11 is 0. The summed E-state index contributed by atoms with van der Waals surface area (Å²) in [6.45, 7) is 19.4. The van der Waals surface area contributed by atoms with Crippen molar-refractivity contribution in [2.45, 2.75) is 97.6 Å². The van der Waals surface area contributed by atoms with Crippen LogP contribution in [0, 0.1) is 0 Å². The van der Waals surface area contributed by atoms with Gasteiger partial charge in [-0.25, -0.2) is 39.9 Å². The van der Waals surface area contributed by atoms with E-state index < -0.39 is 0 Å². The molecule has 7 aliphatic rings. The van der Waals surface area contributed by atoms with Crippen molar-refractivity contribution in [3.8, 4) is 56.9 Å². The van der Waals surface area contributed by atoms with Gasteiger partial charge in [-0.3, -0.25) is 4.90 Å². The highest BCUT2D eigenvalue weighted by molar-refractivity contribution is 5.68. The summed E-state index contributed by atoms with van der Waals surface area (Å²) in [4.78, 5) is 46.0. The molecule has 6 aromatic carbocycles. The van der Waals surface area contributed by atoms with Gasteiger partial charge >= 0.3 is 0 Å². The number of furan rings is 2. The number of benzene rings is 6. The van der Waals surface area contributed by atoms with E-state index in [1.165, 1.54) is 50.0 Å². The van der Waals surface area contributed by atoms with Crippen LogP contribution in [0.15, 0.2) is 258 Å². The highest BCUT2D eigenvalue weighted by Gasteiger charge is 2.22. The Hall–Kier alpha value is -12.6. The first-order valence-electron chi connectivity index (χ1n) is 45.3. The molecule has 0 radical (unpaired) electrons. The smallest absolute Gasteiger partial charge is 0.227 e. The molecule has 130 heavy (non-hydrogen) atoms. The number of aryl methyl sites for hydroxylation is 1. The van der Waals surface area contributed by atoms with Crippen LogP contribution in [0.5, 0.6) is 11.5 Å². The summed E-state index contributed by atoms with van der Waals surface area (Å²) in [6, 6.07) is 58.6. The first-order valence-corrected chi connectivity index (χ1v) is 45.3. The number of aromatic nitrogens is 8. The second-order valence-electron chi connectivity index (χ2n) is 32.5. The van der Waals surface area contributed by atoms with E-state index in [0.29, 0.717) is 147 Å². The Bertz CT molecular complexity index is 5680. The largest absolute Gasteiger partial charge is 0.493 e. The highest BCUT2D eigenvalue weighted by Crippen LogP contribution is 2.34. The van der Waals surface area contributed by atoms with E-state index >= 15 is 0 Å². The lowest BCUT2D eigenvalue weighted by Crippen LogP contribution is -2.44. The zero-order valence-corrected chi connectivity index (χ0v) is 74.1. The van der Waals surface area contributed by atoms with Gasteiger partial charge in [0.15, 0.2) is 11.5 Å². The third kappa shape index (κ3) is 28.2. The Labute approximate surface area is 761 Å². The lowest BCUT2D eigenvalue weighted by Gasteiger charge is -2.35. The molecular weight excluding hydrogens is 1640 g/mol. The van der Waals surface area contributed by atoms with Crippen LogP contribution in [0.3, 0.4) is 0 Å². The molecule has 19 rings (SSSR count). The SMILES string of the molecule is C1=C/COCc2cc(ccc2OCCCN2CCCC2)Nc2nccc(n2)-c2cccc(c2)COC/1.C1=C/COCc2cc(ccc2OCCN2CCCC2)Nc2nccc(n2)-c2ccc(o2)COC/1.C1=C/COCc2ccc(o2)-c2ccnc(n2)Nc2cccc(c2)CCC/1.CN1CCN(c2ccc3cc2COC/C=C/COCc2cccc(c2)-c2ccnc(n2)N3)CC1. The van der Waals surface area contributed by atoms with Gasteiger partial charge in [-0.15, -0.1) is 0 Å². The van der Waals surface area contributed by atoms with E-state index in [4.69, 9.17) is 61.4 Å². The van der Waals surface area contributed by atoms with Crippen LogP contribution in [0.4, 0.5) is 52.2 Å². The number of piperazine rings is 1. The monoisotopic (exact) mass is 1750 g/mol. The van der Waals surface area contributed by atoms with Crippen LogP contribution in [-0.4, -0.2) is 187 Å². The Morgan fingerprint density at radius 2 is 0.754 bits per heavy atom. The van der Waals surface area contributed by atoms with Crippen LogP contribution in [0.25, 0.3) is 45.4 Å². The van der Waals surface area contributed by atoms with Crippen molar-refractivity contribution >= 4 is 52.2 Å². The number of allylic oxidation sites excluding steroid dienone is 1. The maximum absolute atomic E-state index is 6.18. The number of likely N-dealkylation sites (N-methyl/N-ethyl adjacent to an activating group) is 1. The summed E-state index contributed by atoms with van der Waals surface area (Å²) in [5.41, 5.74) is 16.8. The molecule has 0 saturated carbocycles. The predicted octanol–water partition coefficient (Wildman–Crippen LogP) is 19.0. The van der Waals surface area contributed by atoms with E-state index in [-0.39, 0.29) is 0 Å². The van der Waals surface area contributed by atoms with Gasteiger partial charge in [-0.05, 0) is 229 Å². The molecule has 12 aromatic rings. The first kappa shape index (κ1) is 90.7. The second-order valence-corrected chi connectivity index (χ2v) is 32.5. The molecule has 0 unspecified atom stereocenters. The number of likely N-dealkylation sites (tertiary alicyclic amines) is 2. The van der Waals surface area contributed by atoms with Crippen molar-refractivity contribution < 1.29 is 51.5 Å². The Morgan fingerprint density at radius 1 is 0.338 bits per heavy atom. The van der Waals surface area contributed by atoms with Crippen LogP contribution < -0.4 is 35.6 Å². The number of fused-ring (bicyclic) bond motifs is 28. The van der Waals surface area contributed by atoms with Gasteiger partial charge in [0.05, 0.1) is 97.3 Å². The van der Waals surface area contributed by atoms with Gasteiger partial charge in [0, 0.05) is 120 Å². The topological polar surface area (TPSA) is 274 Å². The molecule has 6 aromatic heterocycles. The van der Waals surface area contributed by atoms with E-state index in [2.05, 4.69) is 169 Å². The fourth-order valence-electron chi connectivity index (χ4n) is 15.8. The van der Waals surface area contributed by atoms with Crippen molar-refractivity contribution in [3.05, 3.63) is 294 Å². The van der Waals surface area contributed by atoms with E-state index in [1.54, 1.807) is 24.8 Å². The summed E-state index contributed by atoms with van der Waals surface area (Å²) in [6.07, 6.45) is 32.6. The standard InChI is InChI=1S/C29H34N4O3.C27H31N5O2.C26H30N4O4.C21H21N3O2/c1-2-14-33(13-1)15-6-18-36-28-10-9-26-20-25(28)22-35-17-4-3-16-34-21-23-7-5-8-24(19-23)27-11-12-30-29(31-26)32-27;1-31-11-13-32(14-12-31)26-8-7-24-18-23(26)20-34-16-3-2-15-33-19-21-5-4-6-22(17-21)25-9-10-28-27(29-24)30-25;1-2-12-30(11-1)13-16-33-24-7-5-21-17-20(24)18-31-14-3-4-15-32-19-22-6-8-25(34-22)23-9-10-27-26(28-21)29-23;1-2-4-13-25-15-18-9-10-20(26-18)19-11-12-22-21(24-19)23-17-8-5-7-16(14-17)6-3-1/h3-5,7-12,19-20H,1-2,6,13-18,21-22H2,(H,30,31,32);2-10,17-18H,11-16,19-20H2,1H3,(H,28,29,30);3-10,17H,1-2,11-16,18-19H2,(H,27,28,29);2,4-5,7-12,14H,1,3,6,13,15H2,(H,22,23,24)/b4-3+;3-2+;4-3+;4-2+. The quantitative estimate of drug-likeness (QED) is 0.0731. The number of nitrogens with zero attached hydrogens (tertiary/aromatic N) is 12. The Morgan fingerprint density at radius 3 is 1.27 bits per heavy atom. The summed E-state index contributed by atoms with van der Waals surface area (Å²) in [5.74, 6) is 6.78. The lowest BCUT2D eigenvalue weighted by atomic mass is 10.1. The molecule has 4 N–H and O–H groups in total. The molecule has 13 heterocycles. The second kappa shape index (κ2) is 48.7. The Balaban J connectivity index is 0.000000128. The van der Waals surface area contributed by atoms with Crippen molar-refractivity contribution in [2.24, 2.45) is 0 Å². The van der Waals surface area contributed by atoms with Crippen molar-refractivity contribution in [3.63, 3.8) is 0 Å². The van der Waals surface area contributed by atoms with Crippen LogP contribution in [0.1, 0.15) is 89.8 Å². The first-order chi connectivity index (χ1) is 64.3. The van der Waals surface area contributed by atoms with Gasteiger partial charge in [0.1, 0.15) is 54.2 Å². The molecular formula is C103H116N16O11. The zero-order valence-electron chi connectivity index (χ0n) is 74.1. The van der Waals surface area contributed by atoms with Gasteiger partial charge in [0.2, 0.25) is 23.8 Å². The van der Waals surface area contributed by atoms with Crippen molar-refractivity contribution in [2.75, 3.05) is 158 Å². The Kier molecular flexibility index (Phi) is 34.0. The third-order valence-corrected chi connectivity index (χ3v) is 22.6. The number of anilines is 9. The third-order valence-electron chi connectivity index (χ3n) is 22.6. The fraction of sp³-hybridized carbons (Fsp3) is 0.340. The van der Waals surface area contributed by atoms with Gasteiger partial charge in [0.25, 0.3) is 0 Å². The average molecular weight is 1750 g/mol. The molecule has 3 fully saturated rings. The van der Waals surface area contributed by atoms with Crippen molar-refractivity contribution in [1.29, 1.82) is 0 Å². The van der Waals surface area contributed by atoms with Crippen LogP contribution in [-0.2, 0) is 85.8 Å². The number of hydrogen-bond donors (Lipinski definition) is 4. The molecule has 27 nitrogen and oxygen atoms in total. The lowest BCUT2D eigenvalue weighted by molar-refractivity contribution is 0.128. The molecule has 0 aliphatic carbocycles. The predicted molar refractivity (Wildman–Crippen MR) is 507 cm³/mol. The van der Waals surface area contributed by atoms with Gasteiger partial charge in [-0.2, -0.15) is 0 Å². The molecule has 24 bridgehead atoms. The average Bonchev–Trinajstić information content (AvgIpc) is 1.47. The minimum Gasteiger partial charge on any atom is -0.493 e. The minimum absolute atomic E-state index is 0.393. The summed E-state index contributed by atoms with van der Waals surface area (Å²) in [5, 5.41) is 13.3. The summed E-state index contributed by atoms with van der Waals surface area (Å²) in [7, 11) is 2.17. The molecule has 674 valence electrons. The van der Waals surface area contributed by atoms with Crippen LogP contribution in [0.2, 0.25) is 0 Å². The molecule has 27 heteroatoms. The maximum Gasteiger partial charge on any atom is 0.227 e. The minimum atomic E-state index is 0.393. The zero-order chi connectivity index (χ0) is 88.2. The molecule has 0 atom stereocenters. The molecule has 0 amide bonds. The van der Waals surface area contributed by atoms with E-state index in [1.807, 2.05) is 134 Å². The molecule has 3 saturated heterocycles. The van der Waals surface area contributed by atoms with Gasteiger partial charge in [-0.1, -0.05) is 97.1 Å². The van der Waals surface area contributed by atoms with Crippen LogP contribution >= 0.6 is 0 Å². The number of ether oxygens (including phenoxy) is 9. The number of rotatable bonds is 10. The van der Waals surface area contributed by atoms with Crippen molar-refractivity contribution in [1.82, 2.24) is 54.6 Å². The normalized spacial score (nSPS) is 17.6. The number of nitrogens with one attached hydrogen (secondary N) is 4. The fourth-order valence-corrected chi connectivity index (χ4v) is 15.8. The highest BCUT2D eigenvalue weighted by atomic mass is 16.5. The number of hydrogen-bond acceptors (Lipinski definition) is 27. The van der Waals surface area contributed by atoms with E-state index in [9.17, 15) is 0 Å².